The number of aryl methyl sites for hydroxylation is 1. The van der Waals surface area contributed by atoms with Crippen molar-refractivity contribution in [1.82, 2.24) is 4.98 Å². The average molecular weight is 288 g/mol. The van der Waals surface area contributed by atoms with Gasteiger partial charge in [0.2, 0.25) is 0 Å². The van der Waals surface area contributed by atoms with Crippen molar-refractivity contribution in [3.8, 4) is 0 Å². The summed E-state index contributed by atoms with van der Waals surface area (Å²) in [5, 5.41) is 1.22. The Morgan fingerprint density at radius 1 is 1.15 bits per heavy atom. The molecule has 0 amide bonds. The van der Waals surface area contributed by atoms with Crippen LogP contribution in [0.2, 0.25) is 5.02 Å². The summed E-state index contributed by atoms with van der Waals surface area (Å²) in [7, 11) is 0. The van der Waals surface area contributed by atoms with Crippen LogP contribution in [0.15, 0.2) is 42.6 Å². The number of aromatic amines is 1. The van der Waals surface area contributed by atoms with Crippen LogP contribution in [0, 0.1) is 12.7 Å². The molecule has 0 spiro atoms. The Morgan fingerprint density at radius 3 is 2.75 bits per heavy atom. The smallest absolute Gasteiger partial charge is 0.195 e. The third-order valence-electron chi connectivity index (χ3n) is 3.33. The van der Waals surface area contributed by atoms with Gasteiger partial charge in [0.1, 0.15) is 5.82 Å². The molecule has 0 radical (unpaired) electrons. The van der Waals surface area contributed by atoms with Gasteiger partial charge in [0.25, 0.3) is 0 Å². The topological polar surface area (TPSA) is 32.9 Å². The molecule has 100 valence electrons. The van der Waals surface area contributed by atoms with E-state index in [-0.39, 0.29) is 11.6 Å². The number of benzene rings is 2. The van der Waals surface area contributed by atoms with Gasteiger partial charge in [0.15, 0.2) is 5.78 Å². The molecule has 0 bridgehead atoms. The molecule has 20 heavy (non-hydrogen) atoms. The molecule has 0 aliphatic heterocycles. The number of halogens is 2. The monoisotopic (exact) mass is 287 g/mol. The van der Waals surface area contributed by atoms with E-state index in [0.29, 0.717) is 27.1 Å². The lowest BCUT2D eigenvalue weighted by atomic mass is 9.99. The van der Waals surface area contributed by atoms with E-state index in [1.54, 1.807) is 24.4 Å². The highest BCUT2D eigenvalue weighted by Gasteiger charge is 2.16. The number of ketones is 1. The van der Waals surface area contributed by atoms with Crippen molar-refractivity contribution in [3.63, 3.8) is 0 Å². The minimum Gasteiger partial charge on any atom is -0.360 e. The second kappa shape index (κ2) is 4.76. The first-order chi connectivity index (χ1) is 9.56. The van der Waals surface area contributed by atoms with Crippen LogP contribution in [-0.2, 0) is 0 Å². The molecule has 0 unspecified atom stereocenters. The second-order valence-corrected chi connectivity index (χ2v) is 5.12. The minimum absolute atomic E-state index is 0.122. The Labute approximate surface area is 120 Å². The van der Waals surface area contributed by atoms with Crippen molar-refractivity contribution < 1.29 is 9.18 Å². The van der Waals surface area contributed by atoms with E-state index in [1.807, 2.05) is 13.0 Å². The SMILES string of the molecule is Cc1ccc(Cl)cc1C(=O)c1c[nH]c2cc(F)ccc12. The largest absolute Gasteiger partial charge is 0.360 e. The quantitative estimate of drug-likeness (QED) is 0.692. The normalized spacial score (nSPS) is 10.9. The summed E-state index contributed by atoms with van der Waals surface area (Å²) in [6, 6.07) is 9.53. The van der Waals surface area contributed by atoms with Gasteiger partial charge < -0.3 is 4.98 Å². The zero-order valence-corrected chi connectivity index (χ0v) is 11.5. The Balaban J connectivity index is 2.15. The molecule has 2 aromatic carbocycles. The highest BCUT2D eigenvalue weighted by atomic mass is 35.5. The summed E-state index contributed by atoms with van der Waals surface area (Å²) < 4.78 is 13.2. The number of nitrogens with one attached hydrogen (secondary N) is 1. The Hall–Kier alpha value is -2.13. The summed E-state index contributed by atoms with van der Waals surface area (Å²) in [4.78, 5) is 15.5. The van der Waals surface area contributed by atoms with E-state index in [0.717, 1.165) is 5.56 Å². The van der Waals surface area contributed by atoms with Crippen LogP contribution in [0.4, 0.5) is 4.39 Å². The molecule has 3 aromatic rings. The summed E-state index contributed by atoms with van der Waals surface area (Å²) in [6.07, 6.45) is 1.60. The van der Waals surface area contributed by atoms with Gasteiger partial charge in [0, 0.05) is 33.2 Å². The van der Waals surface area contributed by atoms with Crippen molar-refractivity contribution in [3.05, 3.63) is 70.1 Å². The number of fused-ring (bicyclic) bond motifs is 1. The van der Waals surface area contributed by atoms with Gasteiger partial charge in [0.05, 0.1) is 0 Å². The van der Waals surface area contributed by atoms with Crippen LogP contribution in [0.3, 0.4) is 0 Å². The average Bonchev–Trinajstić information content (AvgIpc) is 2.83. The van der Waals surface area contributed by atoms with E-state index >= 15 is 0 Å². The van der Waals surface area contributed by atoms with E-state index < -0.39 is 0 Å². The molecule has 0 atom stereocenters. The van der Waals surface area contributed by atoms with Crippen LogP contribution < -0.4 is 0 Å². The summed E-state index contributed by atoms with van der Waals surface area (Å²) in [5.41, 5.74) is 2.54. The Kier molecular flexibility index (Phi) is 3.07. The van der Waals surface area contributed by atoms with Crippen molar-refractivity contribution in [1.29, 1.82) is 0 Å². The molecule has 4 heteroatoms. The Bertz CT molecular complexity index is 822. The summed E-state index contributed by atoms with van der Waals surface area (Å²) in [6.45, 7) is 1.86. The number of hydrogen-bond donors (Lipinski definition) is 1. The predicted molar refractivity (Wildman–Crippen MR) is 77.9 cm³/mol. The number of hydrogen-bond acceptors (Lipinski definition) is 1. The molecule has 2 nitrogen and oxygen atoms in total. The highest BCUT2D eigenvalue weighted by molar-refractivity contribution is 6.31. The molecule has 3 rings (SSSR count). The summed E-state index contributed by atoms with van der Waals surface area (Å²) in [5.74, 6) is -0.458. The highest BCUT2D eigenvalue weighted by Crippen LogP contribution is 2.24. The maximum Gasteiger partial charge on any atom is 0.195 e. The van der Waals surface area contributed by atoms with Gasteiger partial charge in [-0.1, -0.05) is 17.7 Å². The van der Waals surface area contributed by atoms with Crippen molar-refractivity contribution in [2.24, 2.45) is 0 Å². The third kappa shape index (κ3) is 2.10. The molecular formula is C16H11ClFNO. The first-order valence-corrected chi connectivity index (χ1v) is 6.51. The van der Waals surface area contributed by atoms with Gasteiger partial charge >= 0.3 is 0 Å². The first kappa shape index (κ1) is 12.9. The summed E-state index contributed by atoms with van der Waals surface area (Å²) >= 11 is 5.95. The van der Waals surface area contributed by atoms with Crippen LogP contribution in [0.5, 0.6) is 0 Å². The molecule has 0 aliphatic carbocycles. The number of H-pyrrole nitrogens is 1. The van der Waals surface area contributed by atoms with Crippen LogP contribution in [0.25, 0.3) is 10.9 Å². The molecular weight excluding hydrogens is 277 g/mol. The lowest BCUT2D eigenvalue weighted by molar-refractivity contribution is 0.103. The number of carbonyl (C=O) groups excluding carboxylic acids is 1. The third-order valence-corrected chi connectivity index (χ3v) is 3.57. The van der Waals surface area contributed by atoms with Crippen molar-refractivity contribution in [2.45, 2.75) is 6.92 Å². The van der Waals surface area contributed by atoms with E-state index in [9.17, 15) is 9.18 Å². The molecule has 1 aromatic heterocycles. The maximum absolute atomic E-state index is 13.2. The number of aromatic nitrogens is 1. The fourth-order valence-electron chi connectivity index (χ4n) is 2.27. The number of rotatable bonds is 2. The maximum atomic E-state index is 13.2. The van der Waals surface area contributed by atoms with Gasteiger partial charge in [-0.25, -0.2) is 4.39 Å². The second-order valence-electron chi connectivity index (χ2n) is 4.68. The fraction of sp³-hybridized carbons (Fsp3) is 0.0625. The molecule has 0 fully saturated rings. The zero-order valence-electron chi connectivity index (χ0n) is 10.7. The van der Waals surface area contributed by atoms with Gasteiger partial charge in [-0.15, -0.1) is 0 Å². The standard InChI is InChI=1S/C16H11ClFNO/c1-9-2-3-10(17)6-13(9)16(20)14-8-19-15-7-11(18)4-5-12(14)15/h2-8,19H,1H3. The molecule has 1 heterocycles. The molecule has 0 saturated carbocycles. The fourth-order valence-corrected chi connectivity index (χ4v) is 2.44. The lowest BCUT2D eigenvalue weighted by Crippen LogP contribution is -2.03. The van der Waals surface area contributed by atoms with Gasteiger partial charge in [-0.05, 0) is 42.8 Å². The minimum atomic E-state index is -0.336. The van der Waals surface area contributed by atoms with Crippen molar-refractivity contribution >= 4 is 28.3 Å². The lowest BCUT2D eigenvalue weighted by Gasteiger charge is -2.04. The van der Waals surface area contributed by atoms with E-state index in [1.165, 1.54) is 12.1 Å². The van der Waals surface area contributed by atoms with Crippen LogP contribution in [-0.4, -0.2) is 10.8 Å². The van der Waals surface area contributed by atoms with E-state index in [2.05, 4.69) is 4.98 Å². The zero-order chi connectivity index (χ0) is 14.3. The number of carbonyl (C=O) groups is 1. The molecule has 0 aliphatic rings. The predicted octanol–water partition coefficient (Wildman–Crippen LogP) is 4.50. The van der Waals surface area contributed by atoms with Crippen molar-refractivity contribution in [2.75, 3.05) is 0 Å². The van der Waals surface area contributed by atoms with Crippen LogP contribution >= 0.6 is 11.6 Å². The van der Waals surface area contributed by atoms with E-state index in [4.69, 9.17) is 11.6 Å². The van der Waals surface area contributed by atoms with Gasteiger partial charge in [-0.2, -0.15) is 0 Å². The molecule has 1 N–H and O–H groups in total. The molecule has 0 saturated heterocycles. The van der Waals surface area contributed by atoms with Crippen LogP contribution in [0.1, 0.15) is 21.5 Å². The Morgan fingerprint density at radius 2 is 1.95 bits per heavy atom. The first-order valence-electron chi connectivity index (χ1n) is 6.14. The van der Waals surface area contributed by atoms with Gasteiger partial charge in [-0.3, -0.25) is 4.79 Å².